The highest BCUT2D eigenvalue weighted by molar-refractivity contribution is 6.43. The summed E-state index contributed by atoms with van der Waals surface area (Å²) in [6.45, 7) is 0.893. The predicted molar refractivity (Wildman–Crippen MR) is 106 cm³/mol. The third-order valence-electron chi connectivity index (χ3n) is 4.66. The van der Waals surface area contributed by atoms with Gasteiger partial charge < -0.3 is 9.88 Å². The summed E-state index contributed by atoms with van der Waals surface area (Å²) in [5.41, 5.74) is -0.0897. The molecule has 0 bridgehead atoms. The van der Waals surface area contributed by atoms with E-state index < -0.39 is 22.2 Å². The average Bonchev–Trinajstić information content (AvgIpc) is 3.16. The minimum absolute atomic E-state index is 0.00812. The Bertz CT molecular complexity index is 1280. The van der Waals surface area contributed by atoms with Gasteiger partial charge in [-0.25, -0.2) is 4.39 Å². The lowest BCUT2D eigenvalue weighted by molar-refractivity contribution is 0.104. The molecule has 0 aliphatic carbocycles. The van der Waals surface area contributed by atoms with Crippen molar-refractivity contribution >= 4 is 57.2 Å². The Kier molecular flexibility index (Phi) is 4.54. The molecule has 0 atom stereocenters. The standard InChI is InChI=1S/C19H10Cl3FN4O/c20-9-3-1-8(2-4-9)17(28)13-11-12(18(25)27-6-5-26-19(13)27)14(21)10(7-24)16(23)15(11)22/h1-4,25-26H,5-6H2. The molecule has 0 unspecified atom stereocenters. The van der Waals surface area contributed by atoms with Gasteiger partial charge in [0.05, 0.1) is 15.6 Å². The summed E-state index contributed by atoms with van der Waals surface area (Å²) in [7, 11) is 0. The van der Waals surface area contributed by atoms with Crippen molar-refractivity contribution in [1.82, 2.24) is 4.57 Å². The summed E-state index contributed by atoms with van der Waals surface area (Å²) in [6.07, 6.45) is 0. The highest BCUT2D eigenvalue weighted by atomic mass is 35.5. The molecule has 9 heteroatoms. The number of nitrogens with one attached hydrogen (secondary N) is 2. The van der Waals surface area contributed by atoms with Gasteiger partial charge in [-0.1, -0.05) is 34.8 Å². The number of nitriles is 1. The molecule has 5 nitrogen and oxygen atoms in total. The minimum atomic E-state index is -1.02. The van der Waals surface area contributed by atoms with Crippen molar-refractivity contribution in [3.05, 3.63) is 67.3 Å². The van der Waals surface area contributed by atoms with Gasteiger partial charge in [0.1, 0.15) is 22.9 Å². The van der Waals surface area contributed by atoms with Crippen molar-refractivity contribution in [2.45, 2.75) is 6.54 Å². The first-order valence-corrected chi connectivity index (χ1v) is 9.26. The van der Waals surface area contributed by atoms with E-state index in [2.05, 4.69) is 5.32 Å². The topological polar surface area (TPSA) is 81.7 Å². The van der Waals surface area contributed by atoms with Crippen LogP contribution in [0.15, 0.2) is 24.3 Å². The first-order valence-electron chi connectivity index (χ1n) is 8.12. The largest absolute Gasteiger partial charge is 0.369 e. The molecular formula is C19H10Cl3FN4O. The fourth-order valence-corrected chi connectivity index (χ4v) is 4.09. The van der Waals surface area contributed by atoms with Gasteiger partial charge in [0.25, 0.3) is 0 Å². The lowest BCUT2D eigenvalue weighted by Crippen LogP contribution is -2.22. The molecule has 2 heterocycles. The number of anilines is 1. The van der Waals surface area contributed by atoms with Gasteiger partial charge in [0, 0.05) is 34.4 Å². The number of ketones is 1. The van der Waals surface area contributed by atoms with E-state index in [1.807, 2.05) is 0 Å². The maximum atomic E-state index is 14.7. The summed E-state index contributed by atoms with van der Waals surface area (Å²) in [5.74, 6) is -1.09. The number of aromatic nitrogens is 1. The van der Waals surface area contributed by atoms with Gasteiger partial charge in [-0.15, -0.1) is 0 Å². The number of carbonyl (C=O) groups excluding carboxylic acids is 1. The summed E-state index contributed by atoms with van der Waals surface area (Å²) in [6, 6.07) is 7.91. The highest BCUT2D eigenvalue weighted by Gasteiger charge is 2.30. The van der Waals surface area contributed by atoms with Gasteiger partial charge in [-0.3, -0.25) is 10.2 Å². The molecule has 0 saturated heterocycles. The zero-order valence-electron chi connectivity index (χ0n) is 14.0. The van der Waals surface area contributed by atoms with E-state index in [1.165, 1.54) is 0 Å². The smallest absolute Gasteiger partial charge is 0.197 e. The van der Waals surface area contributed by atoms with E-state index in [-0.39, 0.29) is 26.8 Å². The van der Waals surface area contributed by atoms with E-state index in [0.29, 0.717) is 29.5 Å². The highest BCUT2D eigenvalue weighted by Crippen LogP contribution is 2.40. The normalized spacial score (nSPS) is 12.5. The molecule has 0 spiro atoms. The number of rotatable bonds is 2. The fraction of sp³-hybridized carbons (Fsp3) is 0.105. The third kappa shape index (κ3) is 2.59. The van der Waals surface area contributed by atoms with Crippen molar-refractivity contribution in [2.75, 3.05) is 11.9 Å². The number of benzene rings is 2. The third-order valence-corrected chi connectivity index (χ3v) is 5.64. The Morgan fingerprint density at radius 3 is 2.50 bits per heavy atom. The van der Waals surface area contributed by atoms with Crippen molar-refractivity contribution in [2.24, 2.45) is 0 Å². The van der Waals surface area contributed by atoms with Crippen LogP contribution in [0.5, 0.6) is 0 Å². The second-order valence-electron chi connectivity index (χ2n) is 6.17. The first kappa shape index (κ1) is 18.8. The quantitative estimate of drug-likeness (QED) is 0.450. The summed E-state index contributed by atoms with van der Waals surface area (Å²) in [5, 5.41) is 20.7. The van der Waals surface area contributed by atoms with Gasteiger partial charge in [-0.05, 0) is 24.3 Å². The number of nitrogens with zero attached hydrogens (tertiary/aromatic N) is 2. The van der Waals surface area contributed by atoms with Crippen molar-refractivity contribution < 1.29 is 9.18 Å². The van der Waals surface area contributed by atoms with Crippen LogP contribution >= 0.6 is 34.8 Å². The molecule has 1 aliphatic heterocycles. The van der Waals surface area contributed by atoms with Gasteiger partial charge in [0.2, 0.25) is 0 Å². The van der Waals surface area contributed by atoms with Crippen LogP contribution in [0, 0.1) is 22.6 Å². The Balaban J connectivity index is 2.19. The Morgan fingerprint density at radius 1 is 1.18 bits per heavy atom. The Labute approximate surface area is 173 Å². The lowest BCUT2D eigenvalue weighted by atomic mass is 9.96. The molecule has 0 fully saturated rings. The molecule has 1 aliphatic rings. The number of hydrogen-bond donors (Lipinski definition) is 2. The number of pyridine rings is 1. The summed E-state index contributed by atoms with van der Waals surface area (Å²) < 4.78 is 16.3. The molecule has 0 radical (unpaired) electrons. The van der Waals surface area contributed by atoms with Crippen LogP contribution in [0.2, 0.25) is 15.1 Å². The molecule has 1 aromatic heterocycles. The van der Waals surface area contributed by atoms with Crippen molar-refractivity contribution in [3.8, 4) is 6.07 Å². The average molecular weight is 436 g/mol. The maximum absolute atomic E-state index is 14.7. The van der Waals surface area contributed by atoms with Gasteiger partial charge >= 0.3 is 0 Å². The van der Waals surface area contributed by atoms with E-state index in [0.717, 1.165) is 0 Å². The zero-order valence-corrected chi connectivity index (χ0v) is 16.3. The molecule has 4 rings (SSSR count). The second-order valence-corrected chi connectivity index (χ2v) is 7.36. The molecule has 28 heavy (non-hydrogen) atoms. The van der Waals surface area contributed by atoms with Crippen LogP contribution in [0.3, 0.4) is 0 Å². The first-order chi connectivity index (χ1) is 13.4. The van der Waals surface area contributed by atoms with Crippen LogP contribution in [0.4, 0.5) is 10.2 Å². The predicted octanol–water partition coefficient (Wildman–Crippen LogP) is 4.75. The number of carbonyl (C=O) groups is 1. The Hall–Kier alpha value is -2.59. The van der Waals surface area contributed by atoms with Gasteiger partial charge in [0.15, 0.2) is 11.6 Å². The van der Waals surface area contributed by atoms with Gasteiger partial charge in [-0.2, -0.15) is 5.26 Å². The molecule has 0 amide bonds. The van der Waals surface area contributed by atoms with E-state index in [9.17, 15) is 14.4 Å². The summed E-state index contributed by atoms with van der Waals surface area (Å²) >= 11 is 18.4. The SMILES string of the molecule is N#Cc1c(F)c(Cl)c2c(C(=O)c3ccc(Cl)cc3)c3n(c(=N)c2c1Cl)CCN3. The molecular weight excluding hydrogens is 426 g/mol. The van der Waals surface area contributed by atoms with E-state index >= 15 is 0 Å². The van der Waals surface area contributed by atoms with Crippen molar-refractivity contribution in [1.29, 1.82) is 10.7 Å². The van der Waals surface area contributed by atoms with E-state index in [4.69, 9.17) is 40.2 Å². The molecule has 3 aromatic rings. The minimum Gasteiger partial charge on any atom is -0.369 e. The fourth-order valence-electron chi connectivity index (χ4n) is 3.38. The molecule has 2 N–H and O–H groups in total. The van der Waals surface area contributed by atoms with Crippen LogP contribution < -0.4 is 10.8 Å². The number of fused-ring (bicyclic) bond motifs is 2. The molecule has 0 saturated carbocycles. The number of halogens is 4. The van der Waals surface area contributed by atoms with Crippen LogP contribution in [0.1, 0.15) is 21.5 Å². The molecule has 2 aromatic carbocycles. The van der Waals surface area contributed by atoms with Crippen LogP contribution in [0.25, 0.3) is 10.8 Å². The second kappa shape index (κ2) is 6.78. The van der Waals surface area contributed by atoms with Crippen LogP contribution in [-0.2, 0) is 6.54 Å². The lowest BCUT2D eigenvalue weighted by Gasteiger charge is -2.17. The van der Waals surface area contributed by atoms with E-state index in [1.54, 1.807) is 34.9 Å². The molecule has 140 valence electrons. The summed E-state index contributed by atoms with van der Waals surface area (Å²) in [4.78, 5) is 13.3. The maximum Gasteiger partial charge on any atom is 0.197 e. The van der Waals surface area contributed by atoms with Crippen LogP contribution in [-0.4, -0.2) is 16.9 Å². The zero-order chi connectivity index (χ0) is 20.2. The number of hydrogen-bond acceptors (Lipinski definition) is 4. The Morgan fingerprint density at radius 2 is 1.86 bits per heavy atom. The monoisotopic (exact) mass is 434 g/mol. The van der Waals surface area contributed by atoms with Crippen molar-refractivity contribution in [3.63, 3.8) is 0 Å².